The van der Waals surface area contributed by atoms with Crippen LogP contribution >= 0.6 is 34.4 Å². The number of nitrogens with zero attached hydrogens (tertiary/aromatic N) is 3. The highest BCUT2D eigenvalue weighted by atomic mass is 32.2. The number of rotatable bonds is 7. The van der Waals surface area contributed by atoms with Crippen LogP contribution in [0.4, 0.5) is 5.69 Å². The van der Waals surface area contributed by atoms with E-state index in [0.29, 0.717) is 6.54 Å². The summed E-state index contributed by atoms with van der Waals surface area (Å²) in [5.74, 6) is 0. The first-order chi connectivity index (χ1) is 20.5. The lowest BCUT2D eigenvalue weighted by molar-refractivity contribution is -0.679. The predicted molar refractivity (Wildman–Crippen MR) is 181 cm³/mol. The molecule has 7 heteroatoms. The molecule has 0 saturated carbocycles. The van der Waals surface area contributed by atoms with Gasteiger partial charge in [-0.2, -0.15) is 4.57 Å². The van der Waals surface area contributed by atoms with E-state index < -0.39 is 0 Å². The van der Waals surface area contributed by atoms with E-state index in [1.165, 1.54) is 37.8 Å². The summed E-state index contributed by atoms with van der Waals surface area (Å²) in [5, 5.41) is 2.29. The Morgan fingerprint density at radius 2 is 1.55 bits per heavy atom. The average Bonchev–Trinajstić information content (AvgIpc) is 3.66. The second kappa shape index (κ2) is 12.3. The largest absolute Gasteiger partial charge is 0.335 e. The summed E-state index contributed by atoms with van der Waals surface area (Å²) in [6, 6.07) is 27.8. The molecule has 3 heterocycles. The molecule has 42 heavy (non-hydrogen) atoms. The fourth-order valence-corrected chi connectivity index (χ4v) is 8.92. The van der Waals surface area contributed by atoms with E-state index in [1.54, 1.807) is 34.4 Å². The van der Waals surface area contributed by atoms with Crippen LogP contribution in [0.1, 0.15) is 31.3 Å². The summed E-state index contributed by atoms with van der Waals surface area (Å²) < 4.78 is 6.01. The zero-order valence-electron chi connectivity index (χ0n) is 24.3. The van der Waals surface area contributed by atoms with Crippen molar-refractivity contribution in [1.82, 2.24) is 4.57 Å². The average molecular weight is 609 g/mol. The van der Waals surface area contributed by atoms with Crippen LogP contribution in [0.2, 0.25) is 0 Å². The minimum absolute atomic E-state index is 0.0659. The molecule has 0 amide bonds. The quantitative estimate of drug-likeness (QED) is 0.186. The summed E-state index contributed by atoms with van der Waals surface area (Å²) >= 11 is 5.12. The Morgan fingerprint density at radius 1 is 0.833 bits per heavy atom. The molecular formula is C35H34N3OS3+. The molecular weight excluding hydrogens is 575 g/mol. The Balaban J connectivity index is 1.48. The number of benzene rings is 3. The SMILES string of the molecule is CCN1/C(=C/C=c2/sc(=Cc3sc(-c4ccccc4)c(-c4ccccc4)[n+]3CC)n(CC)c2=O)Sc2ccc(C)cc21. The van der Waals surface area contributed by atoms with Crippen molar-refractivity contribution in [2.24, 2.45) is 0 Å². The van der Waals surface area contributed by atoms with Crippen molar-refractivity contribution in [3.05, 3.63) is 120 Å². The van der Waals surface area contributed by atoms with E-state index in [-0.39, 0.29) is 5.56 Å². The van der Waals surface area contributed by atoms with Crippen LogP contribution in [0.5, 0.6) is 0 Å². The lowest BCUT2D eigenvalue weighted by atomic mass is 10.1. The first kappa shape index (κ1) is 28.5. The van der Waals surface area contributed by atoms with Gasteiger partial charge in [0.05, 0.1) is 21.3 Å². The third-order valence-electron chi connectivity index (χ3n) is 7.44. The van der Waals surface area contributed by atoms with Gasteiger partial charge in [0.1, 0.15) is 16.1 Å². The minimum atomic E-state index is 0.0659. The van der Waals surface area contributed by atoms with Crippen molar-refractivity contribution >= 4 is 52.3 Å². The molecule has 3 aromatic carbocycles. The fourth-order valence-electron chi connectivity index (χ4n) is 5.40. The number of thiazole rings is 2. The molecule has 0 bridgehead atoms. The van der Waals surface area contributed by atoms with Gasteiger partial charge in [0, 0.05) is 23.5 Å². The number of allylic oxidation sites excluding steroid dienone is 1. The van der Waals surface area contributed by atoms with Crippen molar-refractivity contribution < 1.29 is 4.57 Å². The molecule has 0 spiro atoms. The van der Waals surface area contributed by atoms with Gasteiger partial charge >= 0.3 is 0 Å². The predicted octanol–water partition coefficient (Wildman–Crippen LogP) is 7.02. The van der Waals surface area contributed by atoms with Crippen LogP contribution in [0.25, 0.3) is 33.9 Å². The molecule has 0 N–H and O–H groups in total. The first-order valence-corrected chi connectivity index (χ1v) is 16.8. The Labute approximate surface area is 259 Å². The maximum Gasteiger partial charge on any atom is 0.269 e. The van der Waals surface area contributed by atoms with Gasteiger partial charge in [0.15, 0.2) is 0 Å². The molecule has 0 saturated heterocycles. The second-order valence-corrected chi connectivity index (χ2v) is 13.2. The molecule has 0 atom stereocenters. The number of anilines is 1. The Hall–Kier alpha value is -3.65. The van der Waals surface area contributed by atoms with Gasteiger partial charge in [-0.3, -0.25) is 9.36 Å². The van der Waals surface area contributed by atoms with Crippen LogP contribution in [0, 0.1) is 6.92 Å². The van der Waals surface area contributed by atoms with E-state index in [2.05, 4.69) is 121 Å². The Kier molecular flexibility index (Phi) is 8.34. The first-order valence-electron chi connectivity index (χ1n) is 14.4. The molecule has 0 unspecified atom stereocenters. The van der Waals surface area contributed by atoms with Gasteiger partial charge < -0.3 is 4.90 Å². The fraction of sp³-hybridized carbons (Fsp3) is 0.200. The van der Waals surface area contributed by atoms with E-state index in [4.69, 9.17) is 0 Å². The molecule has 0 fully saturated rings. The van der Waals surface area contributed by atoms with E-state index in [0.717, 1.165) is 32.3 Å². The van der Waals surface area contributed by atoms with Crippen LogP contribution in [-0.2, 0) is 13.1 Å². The van der Waals surface area contributed by atoms with Crippen LogP contribution in [0.15, 0.2) is 99.7 Å². The lowest BCUT2D eigenvalue weighted by Crippen LogP contribution is -2.36. The maximum absolute atomic E-state index is 13.6. The lowest BCUT2D eigenvalue weighted by Gasteiger charge is -2.17. The van der Waals surface area contributed by atoms with E-state index in [1.807, 2.05) is 17.6 Å². The highest BCUT2D eigenvalue weighted by Crippen LogP contribution is 2.46. The van der Waals surface area contributed by atoms with Gasteiger partial charge in [-0.05, 0) is 75.2 Å². The number of thioether (sulfide) groups is 1. The zero-order valence-corrected chi connectivity index (χ0v) is 26.8. The Morgan fingerprint density at radius 3 is 2.21 bits per heavy atom. The van der Waals surface area contributed by atoms with Crippen LogP contribution < -0.4 is 24.2 Å². The summed E-state index contributed by atoms with van der Waals surface area (Å²) in [6.07, 6.45) is 6.32. The van der Waals surface area contributed by atoms with Crippen molar-refractivity contribution in [3.8, 4) is 21.7 Å². The standard InChI is InChI=1S/C35H34N3OS3/c1-5-36-27-22-24(4)18-19-28(27)40-30(36)21-20-29-35(39)38(7-3)32(41-29)23-31-37(6-2)33(25-14-10-8-11-15-25)34(42-31)26-16-12-9-13-17-26/h8-23H,5-7H2,1-4H3/q+1/b29-20+,30-21-. The number of fused-ring (bicyclic) bond motifs is 1. The van der Waals surface area contributed by atoms with Crippen molar-refractivity contribution in [3.63, 3.8) is 0 Å². The zero-order chi connectivity index (χ0) is 29.2. The Bertz CT molecular complexity index is 1950. The topological polar surface area (TPSA) is 29.1 Å². The van der Waals surface area contributed by atoms with Gasteiger partial charge in [-0.1, -0.05) is 77.7 Å². The number of hydrogen-bond donors (Lipinski definition) is 0. The number of hydrogen-bond acceptors (Lipinski definition) is 5. The molecule has 2 aromatic heterocycles. The van der Waals surface area contributed by atoms with Crippen molar-refractivity contribution in [2.75, 3.05) is 11.4 Å². The third kappa shape index (κ3) is 5.33. The van der Waals surface area contributed by atoms with Gasteiger partial charge in [0.25, 0.3) is 10.6 Å². The van der Waals surface area contributed by atoms with E-state index in [9.17, 15) is 4.79 Å². The number of aryl methyl sites for hydroxylation is 1. The van der Waals surface area contributed by atoms with Crippen LogP contribution in [0.3, 0.4) is 0 Å². The highest BCUT2D eigenvalue weighted by Gasteiger charge is 2.27. The second-order valence-electron chi connectivity index (χ2n) is 10.1. The molecule has 5 aromatic rings. The maximum atomic E-state index is 13.6. The molecule has 0 radical (unpaired) electrons. The molecule has 1 aliphatic heterocycles. The number of aromatic nitrogens is 2. The van der Waals surface area contributed by atoms with Crippen molar-refractivity contribution in [2.45, 2.75) is 45.7 Å². The molecule has 4 nitrogen and oxygen atoms in total. The molecule has 212 valence electrons. The smallest absolute Gasteiger partial charge is 0.269 e. The summed E-state index contributed by atoms with van der Waals surface area (Å²) in [7, 11) is 0. The van der Waals surface area contributed by atoms with Gasteiger partial charge in [-0.25, -0.2) is 0 Å². The minimum Gasteiger partial charge on any atom is -0.335 e. The van der Waals surface area contributed by atoms with Crippen LogP contribution in [-0.4, -0.2) is 11.1 Å². The third-order valence-corrected chi connectivity index (χ3v) is 10.8. The molecule has 1 aliphatic rings. The normalized spacial score (nSPS) is 14.8. The highest BCUT2D eigenvalue weighted by molar-refractivity contribution is 8.03. The summed E-state index contributed by atoms with van der Waals surface area (Å²) in [6.45, 7) is 10.9. The summed E-state index contributed by atoms with van der Waals surface area (Å²) in [4.78, 5) is 18.4. The molecule has 0 aliphatic carbocycles. The monoisotopic (exact) mass is 608 g/mol. The van der Waals surface area contributed by atoms with Crippen molar-refractivity contribution in [1.29, 1.82) is 0 Å². The molecule has 6 rings (SSSR count). The summed E-state index contributed by atoms with van der Waals surface area (Å²) in [5.41, 5.74) is 6.18. The van der Waals surface area contributed by atoms with Gasteiger partial charge in [-0.15, -0.1) is 11.3 Å². The van der Waals surface area contributed by atoms with Gasteiger partial charge in [0.2, 0.25) is 5.69 Å². The van der Waals surface area contributed by atoms with E-state index >= 15 is 0 Å².